The van der Waals surface area contributed by atoms with E-state index >= 15 is 0 Å². The SMILES string of the molecule is CCCCC(CC)Cc1cccc(C(=O)O)c1N. The van der Waals surface area contributed by atoms with Crippen LogP contribution in [-0.2, 0) is 6.42 Å². The topological polar surface area (TPSA) is 63.3 Å². The zero-order chi connectivity index (χ0) is 13.5. The molecule has 0 aliphatic heterocycles. The van der Waals surface area contributed by atoms with Crippen molar-refractivity contribution in [3.63, 3.8) is 0 Å². The lowest BCUT2D eigenvalue weighted by molar-refractivity contribution is 0.0698. The number of benzene rings is 1. The summed E-state index contributed by atoms with van der Waals surface area (Å²) in [5.41, 5.74) is 7.56. The van der Waals surface area contributed by atoms with Crippen LogP contribution in [0.4, 0.5) is 5.69 Å². The van der Waals surface area contributed by atoms with Gasteiger partial charge in [0.2, 0.25) is 0 Å². The molecule has 100 valence electrons. The van der Waals surface area contributed by atoms with Gasteiger partial charge in [0, 0.05) is 5.69 Å². The van der Waals surface area contributed by atoms with Crippen LogP contribution in [0, 0.1) is 5.92 Å². The first kappa shape index (κ1) is 14.6. The summed E-state index contributed by atoms with van der Waals surface area (Å²) in [5.74, 6) is -0.354. The van der Waals surface area contributed by atoms with Crippen LogP contribution in [-0.4, -0.2) is 11.1 Å². The molecule has 0 bridgehead atoms. The molecule has 0 spiro atoms. The first-order chi connectivity index (χ1) is 8.60. The Bertz CT molecular complexity index is 401. The molecule has 1 rings (SSSR count). The van der Waals surface area contributed by atoms with E-state index in [1.54, 1.807) is 12.1 Å². The number of hydrogen-bond donors (Lipinski definition) is 2. The van der Waals surface area contributed by atoms with Crippen molar-refractivity contribution >= 4 is 11.7 Å². The van der Waals surface area contributed by atoms with Crippen LogP contribution in [0.2, 0.25) is 0 Å². The molecule has 3 heteroatoms. The van der Waals surface area contributed by atoms with Crippen LogP contribution in [0.3, 0.4) is 0 Å². The number of unbranched alkanes of at least 4 members (excludes halogenated alkanes) is 1. The van der Waals surface area contributed by atoms with Gasteiger partial charge in [-0.3, -0.25) is 0 Å². The fraction of sp³-hybridized carbons (Fsp3) is 0.533. The van der Waals surface area contributed by atoms with Crippen LogP contribution < -0.4 is 5.73 Å². The minimum absolute atomic E-state index is 0.220. The number of carboxylic acid groups (broad SMARTS) is 1. The summed E-state index contributed by atoms with van der Waals surface area (Å²) in [6, 6.07) is 5.28. The van der Waals surface area contributed by atoms with Gasteiger partial charge in [-0.2, -0.15) is 0 Å². The van der Waals surface area contributed by atoms with E-state index in [4.69, 9.17) is 10.8 Å². The Kier molecular flexibility index (Phi) is 5.69. The van der Waals surface area contributed by atoms with Gasteiger partial charge in [0.25, 0.3) is 0 Å². The molecular formula is C15H23NO2. The molecule has 0 saturated heterocycles. The maximum atomic E-state index is 11.0. The molecule has 1 atom stereocenters. The van der Waals surface area contributed by atoms with Crippen molar-refractivity contribution in [2.24, 2.45) is 5.92 Å². The van der Waals surface area contributed by atoms with Crippen molar-refractivity contribution in [3.8, 4) is 0 Å². The second-order valence-electron chi connectivity index (χ2n) is 4.80. The van der Waals surface area contributed by atoms with E-state index in [1.165, 1.54) is 19.3 Å². The molecule has 0 aliphatic carbocycles. The van der Waals surface area contributed by atoms with E-state index in [2.05, 4.69) is 13.8 Å². The van der Waals surface area contributed by atoms with Crippen molar-refractivity contribution in [1.29, 1.82) is 0 Å². The molecule has 0 aliphatic rings. The van der Waals surface area contributed by atoms with Gasteiger partial charge < -0.3 is 10.8 Å². The number of carbonyl (C=O) groups is 1. The van der Waals surface area contributed by atoms with Gasteiger partial charge in [-0.15, -0.1) is 0 Å². The third-order valence-corrected chi connectivity index (χ3v) is 3.48. The van der Waals surface area contributed by atoms with Crippen molar-refractivity contribution in [2.75, 3.05) is 5.73 Å². The van der Waals surface area contributed by atoms with Crippen molar-refractivity contribution in [1.82, 2.24) is 0 Å². The standard InChI is InChI=1S/C15H23NO2/c1-3-5-7-11(4-2)10-12-8-6-9-13(14(12)16)15(17)18/h6,8-9,11H,3-5,7,10,16H2,1-2H3,(H,17,18). The lowest BCUT2D eigenvalue weighted by Crippen LogP contribution is -2.09. The van der Waals surface area contributed by atoms with E-state index < -0.39 is 5.97 Å². The molecule has 1 unspecified atom stereocenters. The minimum Gasteiger partial charge on any atom is -0.478 e. The van der Waals surface area contributed by atoms with Crippen LogP contribution in [0.15, 0.2) is 18.2 Å². The summed E-state index contributed by atoms with van der Waals surface area (Å²) in [7, 11) is 0. The highest BCUT2D eigenvalue weighted by molar-refractivity contribution is 5.94. The number of carboxylic acids is 1. The highest BCUT2D eigenvalue weighted by Gasteiger charge is 2.14. The molecule has 0 aromatic heterocycles. The first-order valence-corrected chi connectivity index (χ1v) is 6.70. The van der Waals surface area contributed by atoms with Gasteiger partial charge in [0.1, 0.15) is 0 Å². The highest BCUT2D eigenvalue weighted by atomic mass is 16.4. The molecule has 1 aromatic rings. The predicted octanol–water partition coefficient (Wildman–Crippen LogP) is 3.73. The quantitative estimate of drug-likeness (QED) is 0.724. The van der Waals surface area contributed by atoms with Crippen LogP contribution in [0.5, 0.6) is 0 Å². The Balaban J connectivity index is 2.83. The summed E-state index contributed by atoms with van der Waals surface area (Å²) >= 11 is 0. The van der Waals surface area contributed by atoms with E-state index in [1.807, 2.05) is 6.07 Å². The Morgan fingerprint density at radius 1 is 1.39 bits per heavy atom. The van der Waals surface area contributed by atoms with Crippen LogP contribution >= 0.6 is 0 Å². The molecule has 3 nitrogen and oxygen atoms in total. The second-order valence-corrected chi connectivity index (χ2v) is 4.80. The minimum atomic E-state index is -0.948. The van der Waals surface area contributed by atoms with Crippen LogP contribution in [0.25, 0.3) is 0 Å². The van der Waals surface area contributed by atoms with Gasteiger partial charge in [0.05, 0.1) is 5.56 Å². The first-order valence-electron chi connectivity index (χ1n) is 6.70. The van der Waals surface area contributed by atoms with Crippen molar-refractivity contribution < 1.29 is 9.90 Å². The largest absolute Gasteiger partial charge is 0.478 e. The molecule has 0 fully saturated rings. The monoisotopic (exact) mass is 249 g/mol. The van der Waals surface area contributed by atoms with E-state index in [-0.39, 0.29) is 5.56 Å². The third kappa shape index (κ3) is 3.76. The molecule has 18 heavy (non-hydrogen) atoms. The van der Waals surface area contributed by atoms with Gasteiger partial charge in [0.15, 0.2) is 0 Å². The predicted molar refractivity (Wildman–Crippen MR) is 74.8 cm³/mol. The molecule has 0 saturated carbocycles. The lowest BCUT2D eigenvalue weighted by Gasteiger charge is -2.16. The normalized spacial score (nSPS) is 12.3. The van der Waals surface area contributed by atoms with Gasteiger partial charge >= 0.3 is 5.97 Å². The maximum Gasteiger partial charge on any atom is 0.337 e. The zero-order valence-electron chi connectivity index (χ0n) is 11.3. The van der Waals surface area contributed by atoms with E-state index in [0.29, 0.717) is 11.6 Å². The molecule has 1 aromatic carbocycles. The number of nitrogens with two attached hydrogens (primary N) is 1. The third-order valence-electron chi connectivity index (χ3n) is 3.48. The molecular weight excluding hydrogens is 226 g/mol. The number of aromatic carboxylic acids is 1. The second kappa shape index (κ2) is 7.04. The summed E-state index contributed by atoms with van der Waals surface area (Å²) in [6.45, 7) is 4.36. The maximum absolute atomic E-state index is 11.0. The Labute approximate surface area is 109 Å². The highest BCUT2D eigenvalue weighted by Crippen LogP contribution is 2.24. The summed E-state index contributed by atoms with van der Waals surface area (Å²) in [4.78, 5) is 11.0. The molecule has 0 radical (unpaired) electrons. The summed E-state index contributed by atoms with van der Waals surface area (Å²) in [6.07, 6.45) is 5.59. The number of rotatable bonds is 7. The van der Waals surface area contributed by atoms with Gasteiger partial charge in [-0.05, 0) is 24.0 Å². The number of anilines is 1. The van der Waals surface area contributed by atoms with Crippen LogP contribution in [0.1, 0.15) is 55.5 Å². The molecule has 3 N–H and O–H groups in total. The lowest BCUT2D eigenvalue weighted by atomic mass is 9.90. The van der Waals surface area contributed by atoms with Gasteiger partial charge in [-0.25, -0.2) is 4.79 Å². The Morgan fingerprint density at radius 2 is 2.11 bits per heavy atom. The average molecular weight is 249 g/mol. The van der Waals surface area contributed by atoms with Crippen molar-refractivity contribution in [3.05, 3.63) is 29.3 Å². The summed E-state index contributed by atoms with van der Waals surface area (Å²) in [5, 5.41) is 9.04. The number of nitrogen functional groups attached to an aromatic ring is 1. The average Bonchev–Trinajstić information content (AvgIpc) is 2.36. The molecule has 0 amide bonds. The van der Waals surface area contributed by atoms with Gasteiger partial charge in [-0.1, -0.05) is 51.7 Å². The number of hydrogen-bond acceptors (Lipinski definition) is 2. The smallest absolute Gasteiger partial charge is 0.337 e. The fourth-order valence-corrected chi connectivity index (χ4v) is 2.23. The Morgan fingerprint density at radius 3 is 2.67 bits per heavy atom. The number of para-hydroxylation sites is 1. The van der Waals surface area contributed by atoms with Crippen molar-refractivity contribution in [2.45, 2.75) is 46.0 Å². The van der Waals surface area contributed by atoms with E-state index in [9.17, 15) is 4.79 Å². The zero-order valence-corrected chi connectivity index (χ0v) is 11.3. The fourth-order valence-electron chi connectivity index (χ4n) is 2.23. The summed E-state index contributed by atoms with van der Waals surface area (Å²) < 4.78 is 0. The molecule has 0 heterocycles. The van der Waals surface area contributed by atoms with E-state index in [0.717, 1.165) is 18.4 Å². The Hall–Kier alpha value is -1.51.